The third-order valence-electron chi connectivity index (χ3n) is 7.51. The molecule has 2 N–H and O–H groups in total. The molecule has 0 bridgehead atoms. The minimum Gasteiger partial charge on any atom is -0.394 e. The molecular formula is C23H34ClN3O6S. The van der Waals surface area contributed by atoms with E-state index in [2.05, 4.69) is 4.90 Å². The van der Waals surface area contributed by atoms with E-state index < -0.39 is 27.7 Å². The molecule has 34 heavy (non-hydrogen) atoms. The largest absolute Gasteiger partial charge is 0.394 e. The van der Waals surface area contributed by atoms with Gasteiger partial charge in [0.1, 0.15) is 6.23 Å². The van der Waals surface area contributed by atoms with Crippen molar-refractivity contribution in [3.05, 3.63) is 29.3 Å². The van der Waals surface area contributed by atoms with Crippen LogP contribution in [0, 0.1) is 5.41 Å². The summed E-state index contributed by atoms with van der Waals surface area (Å²) in [7, 11) is -4.02. The van der Waals surface area contributed by atoms with Crippen LogP contribution in [0.15, 0.2) is 29.2 Å². The average Bonchev–Trinajstić information content (AvgIpc) is 3.59. The van der Waals surface area contributed by atoms with Crippen molar-refractivity contribution in [1.82, 2.24) is 14.1 Å². The number of nitrogens with zero attached hydrogens (tertiary/aromatic N) is 3. The first-order valence-electron chi connectivity index (χ1n) is 11.7. The molecule has 0 unspecified atom stereocenters. The molecule has 1 amide bonds. The second kappa shape index (κ2) is 9.65. The Morgan fingerprint density at radius 3 is 2.32 bits per heavy atom. The summed E-state index contributed by atoms with van der Waals surface area (Å²) < 4.78 is 33.7. The standard InChI is InChI=1S/C23H34ClN3O6S/c1-22(2,16-28)26-11-9-25(10-12-26)20(29)13-23(7-8-23)19-14-33-15-21(30)27(19)34(31,32)18-5-3-17(24)4-6-18/h3-6,19,21,28,30H,7-16H2,1-2H3/t19-,21-/m1/s1. The highest BCUT2D eigenvalue weighted by molar-refractivity contribution is 7.89. The van der Waals surface area contributed by atoms with E-state index in [1.54, 1.807) is 0 Å². The first kappa shape index (κ1) is 25.8. The Balaban J connectivity index is 1.49. The molecular weight excluding hydrogens is 482 g/mol. The molecule has 2 heterocycles. The van der Waals surface area contributed by atoms with Crippen molar-refractivity contribution >= 4 is 27.5 Å². The molecule has 1 aromatic carbocycles. The van der Waals surface area contributed by atoms with E-state index in [1.165, 1.54) is 24.3 Å². The SMILES string of the molecule is CC(C)(CO)N1CCN(C(=O)CC2([C@H]3COC[C@@H](O)N3S(=O)(=O)c3ccc(Cl)cc3)CC2)CC1. The van der Waals surface area contributed by atoms with Gasteiger partial charge in [0.15, 0.2) is 0 Å². The summed E-state index contributed by atoms with van der Waals surface area (Å²) in [6.07, 6.45) is 0.285. The van der Waals surface area contributed by atoms with Gasteiger partial charge in [0.25, 0.3) is 0 Å². The molecule has 11 heteroatoms. The van der Waals surface area contributed by atoms with Crippen LogP contribution < -0.4 is 0 Å². The average molecular weight is 516 g/mol. The number of amides is 1. The number of rotatable bonds is 7. The van der Waals surface area contributed by atoms with Gasteiger partial charge in [-0.05, 0) is 56.4 Å². The Hall–Kier alpha value is -1.27. The molecule has 3 fully saturated rings. The molecule has 1 aliphatic carbocycles. The van der Waals surface area contributed by atoms with Crippen LogP contribution in [0.4, 0.5) is 0 Å². The van der Waals surface area contributed by atoms with Crippen molar-refractivity contribution < 1.29 is 28.2 Å². The van der Waals surface area contributed by atoms with Gasteiger partial charge in [-0.25, -0.2) is 8.42 Å². The van der Waals surface area contributed by atoms with Crippen molar-refractivity contribution in [2.75, 3.05) is 46.0 Å². The molecule has 0 aromatic heterocycles. The molecule has 1 aromatic rings. The lowest BCUT2D eigenvalue weighted by Crippen LogP contribution is -2.59. The fourth-order valence-corrected chi connectivity index (χ4v) is 6.86. The molecule has 1 saturated carbocycles. The van der Waals surface area contributed by atoms with Crippen molar-refractivity contribution in [1.29, 1.82) is 0 Å². The molecule has 3 aliphatic rings. The number of hydrogen-bond acceptors (Lipinski definition) is 7. The van der Waals surface area contributed by atoms with Crippen LogP contribution in [0.1, 0.15) is 33.1 Å². The summed E-state index contributed by atoms with van der Waals surface area (Å²) in [5.41, 5.74) is -0.890. The normalized spacial score (nSPS) is 26.4. The second-order valence-corrected chi connectivity index (χ2v) is 12.5. The zero-order valence-corrected chi connectivity index (χ0v) is 21.3. The van der Waals surface area contributed by atoms with Crippen LogP contribution in [0.5, 0.6) is 0 Å². The highest BCUT2D eigenvalue weighted by Gasteiger charge is 2.58. The van der Waals surface area contributed by atoms with Gasteiger partial charge < -0.3 is 19.8 Å². The quantitative estimate of drug-likeness (QED) is 0.560. The zero-order chi connectivity index (χ0) is 24.7. The van der Waals surface area contributed by atoms with Crippen LogP contribution in [0.2, 0.25) is 5.02 Å². The Labute approximate surface area is 206 Å². The van der Waals surface area contributed by atoms with Crippen molar-refractivity contribution in [2.24, 2.45) is 5.41 Å². The van der Waals surface area contributed by atoms with Gasteiger partial charge in [-0.3, -0.25) is 9.69 Å². The molecule has 2 atom stereocenters. The van der Waals surface area contributed by atoms with E-state index in [0.717, 1.165) is 4.31 Å². The number of piperazine rings is 1. The molecule has 0 radical (unpaired) electrons. The Morgan fingerprint density at radius 1 is 1.15 bits per heavy atom. The molecule has 9 nitrogen and oxygen atoms in total. The number of aliphatic hydroxyl groups excluding tert-OH is 2. The number of sulfonamides is 1. The first-order chi connectivity index (χ1) is 16.0. The lowest BCUT2D eigenvalue weighted by atomic mass is 9.91. The molecule has 2 saturated heterocycles. The minimum absolute atomic E-state index is 0.0112. The molecule has 190 valence electrons. The smallest absolute Gasteiger partial charge is 0.245 e. The monoisotopic (exact) mass is 515 g/mol. The van der Waals surface area contributed by atoms with Crippen LogP contribution in [0.3, 0.4) is 0 Å². The fraction of sp³-hybridized carbons (Fsp3) is 0.696. The van der Waals surface area contributed by atoms with Crippen LogP contribution >= 0.6 is 11.6 Å². The predicted molar refractivity (Wildman–Crippen MR) is 127 cm³/mol. The van der Waals surface area contributed by atoms with E-state index in [9.17, 15) is 23.4 Å². The Morgan fingerprint density at radius 2 is 1.76 bits per heavy atom. The molecule has 0 spiro atoms. The first-order valence-corrected chi connectivity index (χ1v) is 13.5. The summed E-state index contributed by atoms with van der Waals surface area (Å²) in [4.78, 5) is 17.3. The highest BCUT2D eigenvalue weighted by atomic mass is 35.5. The number of halogens is 1. The van der Waals surface area contributed by atoms with Gasteiger partial charge in [0, 0.05) is 43.2 Å². The molecule has 2 aliphatic heterocycles. The van der Waals surface area contributed by atoms with E-state index in [1.807, 2.05) is 18.7 Å². The summed E-state index contributed by atoms with van der Waals surface area (Å²) in [5, 5.41) is 20.7. The van der Waals surface area contributed by atoms with Crippen molar-refractivity contribution in [3.63, 3.8) is 0 Å². The van der Waals surface area contributed by atoms with Crippen molar-refractivity contribution in [3.8, 4) is 0 Å². The Kier molecular flexibility index (Phi) is 7.32. The third-order valence-corrected chi connectivity index (χ3v) is 9.68. The number of carbonyl (C=O) groups is 1. The maximum atomic E-state index is 13.5. The maximum Gasteiger partial charge on any atom is 0.245 e. The predicted octanol–water partition coefficient (Wildman–Crippen LogP) is 1.13. The topological polar surface area (TPSA) is 111 Å². The Bertz CT molecular complexity index is 990. The van der Waals surface area contributed by atoms with Crippen LogP contribution in [0.25, 0.3) is 0 Å². The number of ether oxygens (including phenoxy) is 1. The highest BCUT2D eigenvalue weighted by Crippen LogP contribution is 2.55. The van der Waals surface area contributed by atoms with E-state index >= 15 is 0 Å². The van der Waals surface area contributed by atoms with E-state index in [-0.39, 0.29) is 42.6 Å². The van der Waals surface area contributed by atoms with Gasteiger partial charge in [-0.2, -0.15) is 4.31 Å². The summed E-state index contributed by atoms with van der Waals surface area (Å²) in [6, 6.07) is 5.23. The van der Waals surface area contributed by atoms with Gasteiger partial charge in [0.05, 0.1) is 30.8 Å². The lowest BCUT2D eigenvalue weighted by molar-refractivity contribution is -0.140. The third kappa shape index (κ3) is 5.00. The number of benzene rings is 1. The van der Waals surface area contributed by atoms with Gasteiger partial charge in [-0.1, -0.05) is 11.6 Å². The maximum absolute atomic E-state index is 13.5. The fourth-order valence-electron chi connectivity index (χ4n) is 5.00. The van der Waals surface area contributed by atoms with Crippen LogP contribution in [-0.2, 0) is 19.6 Å². The summed E-state index contributed by atoms with van der Waals surface area (Å²) >= 11 is 5.93. The van der Waals surface area contributed by atoms with Crippen molar-refractivity contribution in [2.45, 2.75) is 55.8 Å². The van der Waals surface area contributed by atoms with E-state index in [0.29, 0.717) is 44.0 Å². The van der Waals surface area contributed by atoms with Gasteiger partial charge in [-0.15, -0.1) is 0 Å². The summed E-state index contributed by atoms with van der Waals surface area (Å²) in [6.45, 7) is 6.51. The summed E-state index contributed by atoms with van der Waals surface area (Å²) in [5.74, 6) is -0.0112. The number of aliphatic hydroxyl groups is 2. The van der Waals surface area contributed by atoms with Gasteiger partial charge >= 0.3 is 0 Å². The van der Waals surface area contributed by atoms with E-state index in [4.69, 9.17) is 16.3 Å². The number of morpholine rings is 1. The second-order valence-electron chi connectivity index (χ2n) is 10.2. The minimum atomic E-state index is -4.02. The zero-order valence-electron chi connectivity index (χ0n) is 19.7. The number of carbonyl (C=O) groups excluding carboxylic acids is 1. The van der Waals surface area contributed by atoms with Gasteiger partial charge in [0.2, 0.25) is 15.9 Å². The number of hydrogen-bond donors (Lipinski definition) is 2. The molecule has 4 rings (SSSR count). The van der Waals surface area contributed by atoms with Crippen LogP contribution in [-0.4, -0.2) is 102 Å². The lowest BCUT2D eigenvalue weighted by Gasteiger charge is -2.44.